The molecule has 19 heavy (non-hydrogen) atoms. The van der Waals surface area contributed by atoms with Gasteiger partial charge < -0.3 is 15.2 Å². The Kier molecular flexibility index (Phi) is 3.29. The molecule has 2 atom stereocenters. The number of hydrogen-bond donors (Lipinski definition) is 2. The van der Waals surface area contributed by atoms with E-state index < -0.39 is 0 Å². The average molecular weight is 258 g/mol. The van der Waals surface area contributed by atoms with E-state index in [9.17, 15) is 0 Å². The number of aromatic nitrogens is 2. The van der Waals surface area contributed by atoms with Gasteiger partial charge in [0, 0.05) is 13.1 Å². The van der Waals surface area contributed by atoms with Crippen molar-refractivity contribution in [2.75, 3.05) is 20.1 Å². The summed E-state index contributed by atoms with van der Waals surface area (Å²) < 4.78 is 2.14. The zero-order valence-electron chi connectivity index (χ0n) is 11.9. The molecule has 102 valence electrons. The predicted molar refractivity (Wildman–Crippen MR) is 78.2 cm³/mol. The number of rotatable bonds is 3. The van der Waals surface area contributed by atoms with Gasteiger partial charge in [0.25, 0.3) is 0 Å². The van der Waals surface area contributed by atoms with Crippen LogP contribution in [0.4, 0.5) is 0 Å². The van der Waals surface area contributed by atoms with Crippen LogP contribution < -0.4 is 10.6 Å². The fraction of sp³-hybridized carbons (Fsp3) is 0.533. The Morgan fingerprint density at radius 3 is 3.00 bits per heavy atom. The molecule has 0 aliphatic carbocycles. The van der Waals surface area contributed by atoms with Gasteiger partial charge in [-0.25, -0.2) is 4.98 Å². The molecule has 0 saturated carbocycles. The van der Waals surface area contributed by atoms with Crippen LogP contribution in [0.2, 0.25) is 0 Å². The van der Waals surface area contributed by atoms with Crippen molar-refractivity contribution in [2.24, 2.45) is 13.0 Å². The molecule has 3 rings (SSSR count). The summed E-state index contributed by atoms with van der Waals surface area (Å²) >= 11 is 0. The molecule has 0 amide bonds. The Bertz CT molecular complexity index is 581. The van der Waals surface area contributed by atoms with Crippen LogP contribution in [0.25, 0.3) is 11.0 Å². The predicted octanol–water partition coefficient (Wildman–Crippen LogP) is 1.75. The Balaban J connectivity index is 1.99. The maximum absolute atomic E-state index is 4.64. The van der Waals surface area contributed by atoms with Gasteiger partial charge in [-0.1, -0.05) is 6.07 Å². The van der Waals surface area contributed by atoms with Crippen LogP contribution in [0, 0.1) is 12.8 Å². The standard InChI is InChI=1S/C15H22N4/c1-10-18-13-8-11(4-5-14(13)19(10)3)15(16-2)12-6-7-17-9-12/h4-5,8,12,15-17H,6-7,9H2,1-3H3. The van der Waals surface area contributed by atoms with Crippen LogP contribution in [0.1, 0.15) is 23.9 Å². The van der Waals surface area contributed by atoms with E-state index in [1.807, 2.05) is 0 Å². The fourth-order valence-electron chi connectivity index (χ4n) is 3.17. The zero-order valence-corrected chi connectivity index (χ0v) is 11.9. The van der Waals surface area contributed by atoms with Crippen molar-refractivity contribution in [3.05, 3.63) is 29.6 Å². The highest BCUT2D eigenvalue weighted by Gasteiger charge is 2.25. The lowest BCUT2D eigenvalue weighted by atomic mass is 9.92. The highest BCUT2D eigenvalue weighted by atomic mass is 15.0. The van der Waals surface area contributed by atoms with E-state index in [4.69, 9.17) is 0 Å². The first-order chi connectivity index (χ1) is 9.20. The third-order valence-electron chi connectivity index (χ3n) is 4.37. The van der Waals surface area contributed by atoms with E-state index in [0.29, 0.717) is 12.0 Å². The van der Waals surface area contributed by atoms with Gasteiger partial charge in [0.1, 0.15) is 5.82 Å². The smallest absolute Gasteiger partial charge is 0.106 e. The monoisotopic (exact) mass is 258 g/mol. The molecule has 4 heteroatoms. The minimum Gasteiger partial charge on any atom is -0.331 e. The molecule has 2 aromatic rings. The second-order valence-corrected chi connectivity index (χ2v) is 5.49. The molecule has 0 spiro atoms. The first kappa shape index (κ1) is 12.6. The third-order valence-corrected chi connectivity index (χ3v) is 4.37. The maximum Gasteiger partial charge on any atom is 0.106 e. The van der Waals surface area contributed by atoms with Crippen LogP contribution in [-0.4, -0.2) is 29.7 Å². The number of imidazole rings is 1. The average Bonchev–Trinajstić information content (AvgIpc) is 3.01. The van der Waals surface area contributed by atoms with E-state index in [1.54, 1.807) is 0 Å². The molecular weight excluding hydrogens is 236 g/mol. The lowest BCUT2D eigenvalue weighted by Crippen LogP contribution is -2.26. The van der Waals surface area contributed by atoms with Crippen molar-refractivity contribution < 1.29 is 0 Å². The lowest BCUT2D eigenvalue weighted by Gasteiger charge is -2.22. The molecule has 1 aromatic carbocycles. The summed E-state index contributed by atoms with van der Waals surface area (Å²) in [7, 11) is 4.12. The second kappa shape index (κ2) is 4.94. The molecule has 2 heterocycles. The summed E-state index contributed by atoms with van der Waals surface area (Å²) in [6.45, 7) is 4.29. The quantitative estimate of drug-likeness (QED) is 0.881. The van der Waals surface area contributed by atoms with Gasteiger partial charge in [0.15, 0.2) is 0 Å². The minimum atomic E-state index is 0.418. The van der Waals surface area contributed by atoms with E-state index in [-0.39, 0.29) is 0 Å². The van der Waals surface area contributed by atoms with E-state index >= 15 is 0 Å². The normalized spacial score (nSPS) is 21.1. The van der Waals surface area contributed by atoms with Gasteiger partial charge in [0.05, 0.1) is 11.0 Å². The molecule has 1 fully saturated rings. The first-order valence-electron chi connectivity index (χ1n) is 7.01. The highest BCUT2D eigenvalue weighted by Crippen LogP contribution is 2.28. The SMILES string of the molecule is CNC(c1ccc2c(c1)nc(C)n2C)C1CCNC1. The van der Waals surface area contributed by atoms with Gasteiger partial charge in [0.2, 0.25) is 0 Å². The molecular formula is C15H22N4. The number of fused-ring (bicyclic) bond motifs is 1. The lowest BCUT2D eigenvalue weighted by molar-refractivity contribution is 0.411. The molecule has 0 radical (unpaired) electrons. The zero-order chi connectivity index (χ0) is 13.4. The van der Waals surface area contributed by atoms with Gasteiger partial charge in [-0.2, -0.15) is 0 Å². The van der Waals surface area contributed by atoms with Gasteiger partial charge in [-0.05, 0) is 57.1 Å². The van der Waals surface area contributed by atoms with Crippen molar-refractivity contribution in [3.8, 4) is 0 Å². The third kappa shape index (κ3) is 2.15. The molecule has 4 nitrogen and oxygen atoms in total. The van der Waals surface area contributed by atoms with E-state index in [0.717, 1.165) is 24.4 Å². The Hall–Kier alpha value is -1.39. The maximum atomic E-state index is 4.64. The fourth-order valence-corrected chi connectivity index (χ4v) is 3.17. The van der Waals surface area contributed by atoms with Crippen LogP contribution in [0.5, 0.6) is 0 Å². The number of benzene rings is 1. The molecule has 2 unspecified atom stereocenters. The van der Waals surface area contributed by atoms with Crippen molar-refractivity contribution >= 4 is 11.0 Å². The van der Waals surface area contributed by atoms with Crippen LogP contribution >= 0.6 is 0 Å². The van der Waals surface area contributed by atoms with E-state index in [1.165, 1.54) is 17.5 Å². The van der Waals surface area contributed by atoms with Gasteiger partial charge in [-0.15, -0.1) is 0 Å². The van der Waals surface area contributed by atoms with Crippen molar-refractivity contribution in [3.63, 3.8) is 0 Å². The van der Waals surface area contributed by atoms with Crippen molar-refractivity contribution in [2.45, 2.75) is 19.4 Å². The van der Waals surface area contributed by atoms with Crippen LogP contribution in [-0.2, 0) is 7.05 Å². The molecule has 1 aromatic heterocycles. The molecule has 0 bridgehead atoms. The van der Waals surface area contributed by atoms with Gasteiger partial charge in [-0.3, -0.25) is 0 Å². The molecule has 1 saturated heterocycles. The number of nitrogens with zero attached hydrogens (tertiary/aromatic N) is 2. The minimum absolute atomic E-state index is 0.418. The number of hydrogen-bond acceptors (Lipinski definition) is 3. The Morgan fingerprint density at radius 2 is 2.32 bits per heavy atom. The van der Waals surface area contributed by atoms with Crippen LogP contribution in [0.15, 0.2) is 18.2 Å². The summed E-state index contributed by atoms with van der Waals surface area (Å²) in [5.41, 5.74) is 3.66. The largest absolute Gasteiger partial charge is 0.331 e. The summed E-state index contributed by atoms with van der Waals surface area (Å²) in [4.78, 5) is 4.64. The molecule has 2 N–H and O–H groups in total. The number of aryl methyl sites for hydroxylation is 2. The van der Waals surface area contributed by atoms with E-state index in [2.05, 4.69) is 59.4 Å². The van der Waals surface area contributed by atoms with Crippen molar-refractivity contribution in [1.29, 1.82) is 0 Å². The van der Waals surface area contributed by atoms with Crippen LogP contribution in [0.3, 0.4) is 0 Å². The molecule has 1 aliphatic rings. The highest BCUT2D eigenvalue weighted by molar-refractivity contribution is 5.77. The summed E-state index contributed by atoms with van der Waals surface area (Å²) in [6, 6.07) is 7.09. The topological polar surface area (TPSA) is 41.9 Å². The summed E-state index contributed by atoms with van der Waals surface area (Å²) in [6.07, 6.45) is 1.24. The summed E-state index contributed by atoms with van der Waals surface area (Å²) in [5.74, 6) is 1.74. The molecule has 1 aliphatic heterocycles. The second-order valence-electron chi connectivity index (χ2n) is 5.49. The first-order valence-corrected chi connectivity index (χ1v) is 7.01. The Labute approximate surface area is 114 Å². The van der Waals surface area contributed by atoms with Gasteiger partial charge >= 0.3 is 0 Å². The summed E-state index contributed by atoms with van der Waals surface area (Å²) in [5, 5.41) is 6.92. The number of nitrogens with one attached hydrogen (secondary N) is 2. The van der Waals surface area contributed by atoms with Crippen molar-refractivity contribution in [1.82, 2.24) is 20.2 Å². The Morgan fingerprint density at radius 1 is 1.47 bits per heavy atom.